The molecule has 9 heteroatoms. The van der Waals surface area contributed by atoms with E-state index in [-0.39, 0.29) is 0 Å². The van der Waals surface area contributed by atoms with Gasteiger partial charge in [0, 0.05) is 23.4 Å². The Balaban J connectivity index is 1.62. The highest BCUT2D eigenvalue weighted by molar-refractivity contribution is 7.99. The maximum atomic E-state index is 5.53. The molecule has 1 saturated heterocycles. The number of thiophene rings is 1. The molecule has 0 radical (unpaired) electrons. The highest BCUT2D eigenvalue weighted by Gasteiger charge is 2.23. The Morgan fingerprint density at radius 1 is 1.00 bits per heavy atom. The molecule has 7 nitrogen and oxygen atoms in total. The Morgan fingerprint density at radius 2 is 1.77 bits per heavy atom. The number of ether oxygens (including phenoxy) is 1. The fourth-order valence-corrected chi connectivity index (χ4v) is 5.58. The summed E-state index contributed by atoms with van der Waals surface area (Å²) in [5.74, 6) is 0.841. The summed E-state index contributed by atoms with van der Waals surface area (Å²) < 4.78 is 7.65. The lowest BCUT2D eigenvalue weighted by Gasteiger charge is -2.27. The summed E-state index contributed by atoms with van der Waals surface area (Å²) in [6.07, 6.45) is 1.63. The topological polar surface area (TPSA) is 69.0 Å². The van der Waals surface area contributed by atoms with Crippen molar-refractivity contribution in [2.45, 2.75) is 31.0 Å². The van der Waals surface area contributed by atoms with Crippen molar-refractivity contribution < 1.29 is 4.74 Å². The molecule has 0 saturated carbocycles. The van der Waals surface area contributed by atoms with E-state index < -0.39 is 0 Å². The summed E-state index contributed by atoms with van der Waals surface area (Å²) in [5, 5.41) is 11.9. The molecule has 5 rings (SSSR count). The van der Waals surface area contributed by atoms with Gasteiger partial charge in [0.25, 0.3) is 0 Å². The lowest BCUT2D eigenvalue weighted by atomic mass is 10.2. The number of aryl methyl sites for hydroxylation is 3. The quantitative estimate of drug-likeness (QED) is 0.443. The first-order valence-electron chi connectivity index (χ1n) is 9.85. The van der Waals surface area contributed by atoms with E-state index in [1.54, 1.807) is 29.4 Å². The van der Waals surface area contributed by atoms with Gasteiger partial charge in [0.05, 0.1) is 18.9 Å². The maximum Gasteiger partial charge on any atom is 0.232 e. The highest BCUT2D eigenvalue weighted by atomic mass is 32.2. The largest absolute Gasteiger partial charge is 0.378 e. The molecule has 1 aliphatic heterocycles. The van der Waals surface area contributed by atoms with Gasteiger partial charge in [-0.25, -0.2) is 9.97 Å². The van der Waals surface area contributed by atoms with Crippen LogP contribution < -0.4 is 4.90 Å². The first-order valence-corrected chi connectivity index (χ1v) is 11.5. The molecule has 4 aromatic rings. The van der Waals surface area contributed by atoms with Crippen LogP contribution in [0.25, 0.3) is 15.9 Å². The molecule has 0 atom stereocenters. The van der Waals surface area contributed by atoms with E-state index >= 15 is 0 Å². The summed E-state index contributed by atoms with van der Waals surface area (Å²) in [6, 6.07) is 8.45. The van der Waals surface area contributed by atoms with Gasteiger partial charge >= 0.3 is 0 Å². The molecule has 0 aliphatic carbocycles. The predicted molar refractivity (Wildman–Crippen MR) is 120 cm³/mol. The van der Waals surface area contributed by atoms with Gasteiger partial charge in [0.1, 0.15) is 16.2 Å². The number of fused-ring (bicyclic) bond motifs is 1. The van der Waals surface area contributed by atoms with Crippen molar-refractivity contribution in [1.82, 2.24) is 24.7 Å². The van der Waals surface area contributed by atoms with Gasteiger partial charge < -0.3 is 9.64 Å². The smallest absolute Gasteiger partial charge is 0.232 e. The number of benzene rings is 1. The molecule has 0 amide bonds. The molecule has 1 fully saturated rings. The lowest BCUT2D eigenvalue weighted by molar-refractivity contribution is 0.122. The van der Waals surface area contributed by atoms with Crippen molar-refractivity contribution in [1.29, 1.82) is 0 Å². The molecule has 3 aromatic heterocycles. The maximum absolute atomic E-state index is 5.53. The molecule has 0 spiro atoms. The molecule has 0 bridgehead atoms. The van der Waals surface area contributed by atoms with Crippen LogP contribution in [0, 0.1) is 20.8 Å². The van der Waals surface area contributed by atoms with Crippen LogP contribution in [0.2, 0.25) is 0 Å². The summed E-state index contributed by atoms with van der Waals surface area (Å²) in [5.41, 5.74) is 3.49. The standard InChI is InChI=1S/C21H22N6OS2/c1-13-4-6-16(7-5-13)27-20(26-8-10-28-11-9-26)24-25-21(27)30-19-17-14(2)15(3)29-18(17)22-12-23-19/h4-7,12H,8-11H2,1-3H3. The van der Waals surface area contributed by atoms with Crippen LogP contribution in [0.15, 0.2) is 40.8 Å². The SMILES string of the molecule is Cc1ccc(-n2c(Sc3ncnc4sc(C)c(C)c34)nnc2N2CCOCC2)cc1. The number of anilines is 1. The third kappa shape index (κ3) is 3.46. The monoisotopic (exact) mass is 438 g/mol. The fourth-order valence-electron chi connectivity index (χ4n) is 3.53. The van der Waals surface area contributed by atoms with E-state index in [1.807, 2.05) is 0 Å². The number of hydrogen-bond acceptors (Lipinski definition) is 8. The van der Waals surface area contributed by atoms with Crippen molar-refractivity contribution in [2.24, 2.45) is 0 Å². The zero-order chi connectivity index (χ0) is 20.7. The van der Waals surface area contributed by atoms with E-state index in [4.69, 9.17) is 4.74 Å². The van der Waals surface area contributed by atoms with Gasteiger partial charge in [0.2, 0.25) is 11.1 Å². The predicted octanol–water partition coefficient (Wildman–Crippen LogP) is 4.19. The summed E-state index contributed by atoms with van der Waals surface area (Å²) in [4.78, 5) is 13.6. The van der Waals surface area contributed by atoms with Crippen molar-refractivity contribution in [2.75, 3.05) is 31.2 Å². The van der Waals surface area contributed by atoms with E-state index in [0.29, 0.717) is 13.2 Å². The Labute approximate surface area is 183 Å². The average Bonchev–Trinajstić information content (AvgIpc) is 3.31. The minimum Gasteiger partial charge on any atom is -0.378 e. The van der Waals surface area contributed by atoms with Crippen LogP contribution in [0.1, 0.15) is 16.0 Å². The van der Waals surface area contributed by atoms with Crippen molar-refractivity contribution >= 4 is 39.3 Å². The Morgan fingerprint density at radius 3 is 2.53 bits per heavy atom. The van der Waals surface area contributed by atoms with Crippen LogP contribution in [-0.4, -0.2) is 51.0 Å². The van der Waals surface area contributed by atoms with E-state index in [0.717, 1.165) is 45.1 Å². The number of aromatic nitrogens is 5. The van der Waals surface area contributed by atoms with Gasteiger partial charge in [-0.15, -0.1) is 21.5 Å². The molecule has 1 aromatic carbocycles. The first kappa shape index (κ1) is 19.5. The molecule has 4 heterocycles. The van der Waals surface area contributed by atoms with Crippen molar-refractivity contribution in [3.8, 4) is 5.69 Å². The van der Waals surface area contributed by atoms with Crippen LogP contribution in [-0.2, 0) is 4.74 Å². The van der Waals surface area contributed by atoms with Gasteiger partial charge in [-0.2, -0.15) is 0 Å². The zero-order valence-electron chi connectivity index (χ0n) is 17.1. The number of rotatable bonds is 4. The van der Waals surface area contributed by atoms with Crippen molar-refractivity contribution in [3.05, 3.63) is 46.6 Å². The number of hydrogen-bond donors (Lipinski definition) is 0. The second kappa shape index (κ2) is 7.98. The van der Waals surface area contributed by atoms with Crippen LogP contribution >= 0.6 is 23.1 Å². The summed E-state index contributed by atoms with van der Waals surface area (Å²) >= 11 is 3.25. The fraction of sp³-hybridized carbons (Fsp3) is 0.333. The van der Waals surface area contributed by atoms with E-state index in [9.17, 15) is 0 Å². The zero-order valence-corrected chi connectivity index (χ0v) is 18.8. The summed E-state index contributed by atoms with van der Waals surface area (Å²) in [6.45, 7) is 9.34. The molecule has 154 valence electrons. The van der Waals surface area contributed by atoms with Gasteiger partial charge in [-0.1, -0.05) is 17.7 Å². The first-order chi connectivity index (χ1) is 14.6. The van der Waals surface area contributed by atoms with Gasteiger partial charge in [0.15, 0.2) is 0 Å². The second-order valence-electron chi connectivity index (χ2n) is 7.30. The highest BCUT2D eigenvalue weighted by Crippen LogP contribution is 2.38. The Bertz CT molecular complexity index is 1190. The third-order valence-corrected chi connectivity index (χ3v) is 7.39. The van der Waals surface area contributed by atoms with Crippen LogP contribution in [0.5, 0.6) is 0 Å². The van der Waals surface area contributed by atoms with E-state index in [1.165, 1.54) is 16.0 Å². The number of nitrogens with zero attached hydrogens (tertiary/aromatic N) is 6. The molecular formula is C21H22N6OS2. The van der Waals surface area contributed by atoms with Gasteiger partial charge in [-0.3, -0.25) is 4.57 Å². The summed E-state index contributed by atoms with van der Waals surface area (Å²) in [7, 11) is 0. The third-order valence-electron chi connectivity index (χ3n) is 5.32. The molecule has 0 N–H and O–H groups in total. The molecule has 30 heavy (non-hydrogen) atoms. The van der Waals surface area contributed by atoms with E-state index in [2.05, 4.69) is 74.7 Å². The Kier molecular flexibility index (Phi) is 5.18. The minimum atomic E-state index is 0.698. The molecule has 1 aliphatic rings. The normalized spacial score (nSPS) is 14.6. The van der Waals surface area contributed by atoms with Gasteiger partial charge in [-0.05, 0) is 50.2 Å². The number of morpholine rings is 1. The molecular weight excluding hydrogens is 416 g/mol. The second-order valence-corrected chi connectivity index (χ2v) is 9.46. The molecule has 0 unspecified atom stereocenters. The Hall–Kier alpha value is -2.49. The van der Waals surface area contributed by atoms with Crippen molar-refractivity contribution in [3.63, 3.8) is 0 Å². The average molecular weight is 439 g/mol. The minimum absolute atomic E-state index is 0.698. The van der Waals surface area contributed by atoms with Crippen LogP contribution in [0.3, 0.4) is 0 Å². The van der Waals surface area contributed by atoms with Crippen LogP contribution in [0.4, 0.5) is 5.95 Å². The lowest BCUT2D eigenvalue weighted by Crippen LogP contribution is -2.37.